The molecule has 1 aromatic heterocycles. The Morgan fingerprint density at radius 3 is 2.92 bits per heavy atom. The first-order valence-electron chi connectivity index (χ1n) is 3.28. The van der Waals surface area contributed by atoms with Gasteiger partial charge in [-0.15, -0.1) is 4.99 Å². The van der Waals surface area contributed by atoms with E-state index >= 15 is 0 Å². The molecule has 0 radical (unpaired) electrons. The van der Waals surface area contributed by atoms with Gasteiger partial charge in [0, 0.05) is 12.4 Å². The summed E-state index contributed by atoms with van der Waals surface area (Å²) < 4.78 is 0. The van der Waals surface area contributed by atoms with E-state index in [1.54, 1.807) is 19.2 Å². The van der Waals surface area contributed by atoms with Crippen LogP contribution in [0.1, 0.15) is 15.9 Å². The number of isocyanates is 1. The highest BCUT2D eigenvalue weighted by atomic mass is 16.2. The van der Waals surface area contributed by atoms with E-state index in [1.165, 1.54) is 12.3 Å². The smallest absolute Gasteiger partial charge is 0.266 e. The van der Waals surface area contributed by atoms with Gasteiger partial charge in [-0.1, -0.05) is 0 Å². The lowest BCUT2D eigenvalue weighted by molar-refractivity contribution is 0.100. The summed E-state index contributed by atoms with van der Waals surface area (Å²) in [6, 6.07) is 1.61. The van der Waals surface area contributed by atoms with E-state index in [0.29, 0.717) is 5.56 Å². The van der Waals surface area contributed by atoms with Crippen LogP contribution in [-0.4, -0.2) is 17.0 Å². The van der Waals surface area contributed by atoms with E-state index in [0.717, 1.165) is 5.56 Å². The predicted molar refractivity (Wildman–Crippen MR) is 41.4 cm³/mol. The minimum absolute atomic E-state index is 0.304. The minimum Gasteiger partial charge on any atom is -0.266 e. The van der Waals surface area contributed by atoms with Gasteiger partial charge in [0.15, 0.2) is 0 Å². The molecule has 0 spiro atoms. The summed E-state index contributed by atoms with van der Waals surface area (Å²) in [5.74, 6) is -0.610. The number of aliphatic imine (C=N–C) groups is 1. The molecule has 0 N–H and O–H groups in total. The number of amides is 1. The third-order valence-electron chi connectivity index (χ3n) is 1.27. The summed E-state index contributed by atoms with van der Waals surface area (Å²) in [6.07, 6.45) is 4.15. The Labute approximate surface area is 69.0 Å². The molecule has 0 saturated heterocycles. The van der Waals surface area contributed by atoms with Crippen molar-refractivity contribution in [2.75, 3.05) is 0 Å². The van der Waals surface area contributed by atoms with E-state index in [4.69, 9.17) is 0 Å². The monoisotopic (exact) mass is 162 g/mol. The molecule has 12 heavy (non-hydrogen) atoms. The Morgan fingerprint density at radius 2 is 2.33 bits per heavy atom. The van der Waals surface area contributed by atoms with Crippen LogP contribution in [0.4, 0.5) is 0 Å². The van der Waals surface area contributed by atoms with Gasteiger partial charge in [0.2, 0.25) is 6.08 Å². The summed E-state index contributed by atoms with van der Waals surface area (Å²) in [5, 5.41) is 0. The molecule has 0 bridgehead atoms. The van der Waals surface area contributed by atoms with Gasteiger partial charge in [-0.2, -0.15) is 0 Å². The topological polar surface area (TPSA) is 59.4 Å². The van der Waals surface area contributed by atoms with Crippen molar-refractivity contribution in [1.29, 1.82) is 0 Å². The van der Waals surface area contributed by atoms with Crippen molar-refractivity contribution in [2.45, 2.75) is 6.92 Å². The number of aryl methyl sites for hydroxylation is 1. The highest BCUT2D eigenvalue weighted by Crippen LogP contribution is 2.01. The largest absolute Gasteiger partial charge is 0.289 e. The second-order valence-electron chi connectivity index (χ2n) is 2.26. The van der Waals surface area contributed by atoms with E-state index in [-0.39, 0.29) is 0 Å². The molecule has 1 rings (SSSR count). The Kier molecular flexibility index (Phi) is 2.46. The predicted octanol–water partition coefficient (Wildman–Crippen LogP) is 0.866. The van der Waals surface area contributed by atoms with E-state index in [9.17, 15) is 9.59 Å². The number of carbonyl (C=O) groups excluding carboxylic acids is 2. The maximum Gasteiger partial charge on any atom is 0.289 e. The third-order valence-corrected chi connectivity index (χ3v) is 1.27. The number of hydrogen-bond donors (Lipinski definition) is 0. The van der Waals surface area contributed by atoms with Gasteiger partial charge in [-0.3, -0.25) is 9.78 Å². The second-order valence-corrected chi connectivity index (χ2v) is 2.26. The van der Waals surface area contributed by atoms with Crippen LogP contribution < -0.4 is 0 Å². The van der Waals surface area contributed by atoms with Crippen LogP contribution in [0.25, 0.3) is 0 Å². The van der Waals surface area contributed by atoms with Crippen molar-refractivity contribution in [3.05, 3.63) is 29.6 Å². The van der Waals surface area contributed by atoms with Crippen LogP contribution in [0.5, 0.6) is 0 Å². The highest BCUT2D eigenvalue weighted by Gasteiger charge is 2.02. The zero-order chi connectivity index (χ0) is 8.97. The molecule has 0 aliphatic heterocycles. The summed E-state index contributed by atoms with van der Waals surface area (Å²) >= 11 is 0. The lowest BCUT2D eigenvalue weighted by Crippen LogP contribution is -1.95. The van der Waals surface area contributed by atoms with Gasteiger partial charge in [-0.25, -0.2) is 4.79 Å². The number of nitrogens with zero attached hydrogens (tertiary/aromatic N) is 2. The molecule has 1 aromatic rings. The van der Waals surface area contributed by atoms with Crippen LogP contribution in [-0.2, 0) is 4.79 Å². The van der Waals surface area contributed by atoms with Crippen LogP contribution in [0.2, 0.25) is 0 Å². The van der Waals surface area contributed by atoms with E-state index in [2.05, 4.69) is 9.98 Å². The molecule has 0 aliphatic rings. The minimum atomic E-state index is -0.610. The molecule has 0 atom stereocenters. The maximum absolute atomic E-state index is 10.9. The SMILES string of the molecule is Cc1cncc(C(=O)N=C=O)c1. The fourth-order valence-electron chi connectivity index (χ4n) is 0.778. The van der Waals surface area contributed by atoms with Gasteiger partial charge in [0.1, 0.15) is 0 Å². The van der Waals surface area contributed by atoms with Crippen molar-refractivity contribution < 1.29 is 9.59 Å². The number of hydrogen-bond acceptors (Lipinski definition) is 3. The normalized spacial score (nSPS) is 8.75. The summed E-state index contributed by atoms with van der Waals surface area (Å²) in [4.78, 5) is 27.4. The molecule has 0 aromatic carbocycles. The van der Waals surface area contributed by atoms with Crippen molar-refractivity contribution in [1.82, 2.24) is 4.98 Å². The molecule has 0 unspecified atom stereocenters. The molecule has 60 valence electrons. The summed E-state index contributed by atoms with van der Waals surface area (Å²) in [7, 11) is 0. The first-order valence-corrected chi connectivity index (χ1v) is 3.28. The molecule has 4 heteroatoms. The average Bonchev–Trinajstić information content (AvgIpc) is 2.05. The molecule has 0 fully saturated rings. The number of rotatable bonds is 1. The highest BCUT2D eigenvalue weighted by molar-refractivity contribution is 5.97. The Morgan fingerprint density at radius 1 is 1.58 bits per heavy atom. The Balaban J connectivity index is 3.03. The Hall–Kier alpha value is -1.80. The maximum atomic E-state index is 10.9. The molecule has 0 saturated carbocycles. The lowest BCUT2D eigenvalue weighted by Gasteiger charge is -1.93. The zero-order valence-corrected chi connectivity index (χ0v) is 6.44. The molecular formula is C8H6N2O2. The van der Waals surface area contributed by atoms with Crippen molar-refractivity contribution in [3.8, 4) is 0 Å². The quantitative estimate of drug-likeness (QED) is 0.454. The van der Waals surface area contributed by atoms with Gasteiger partial charge in [-0.05, 0) is 18.6 Å². The fraction of sp³-hybridized carbons (Fsp3) is 0.125. The summed E-state index contributed by atoms with van der Waals surface area (Å²) in [5.41, 5.74) is 1.15. The van der Waals surface area contributed by atoms with Crippen LogP contribution in [0, 0.1) is 6.92 Å². The van der Waals surface area contributed by atoms with Crippen molar-refractivity contribution in [2.24, 2.45) is 4.99 Å². The molecule has 1 heterocycles. The van der Waals surface area contributed by atoms with Crippen LogP contribution in [0.15, 0.2) is 23.5 Å². The molecule has 4 nitrogen and oxygen atoms in total. The lowest BCUT2D eigenvalue weighted by atomic mass is 10.2. The van der Waals surface area contributed by atoms with Gasteiger partial charge in [0.05, 0.1) is 5.56 Å². The first kappa shape index (κ1) is 8.30. The number of carbonyl (C=O) groups is 1. The summed E-state index contributed by atoms with van der Waals surface area (Å²) in [6.45, 7) is 1.80. The number of aromatic nitrogens is 1. The van der Waals surface area contributed by atoms with E-state index < -0.39 is 5.91 Å². The zero-order valence-electron chi connectivity index (χ0n) is 6.44. The number of pyridine rings is 1. The van der Waals surface area contributed by atoms with Crippen molar-refractivity contribution in [3.63, 3.8) is 0 Å². The van der Waals surface area contributed by atoms with Gasteiger partial charge >= 0.3 is 0 Å². The average molecular weight is 162 g/mol. The third kappa shape index (κ3) is 1.84. The molecule has 1 amide bonds. The van der Waals surface area contributed by atoms with Crippen LogP contribution in [0.3, 0.4) is 0 Å². The van der Waals surface area contributed by atoms with Gasteiger partial charge < -0.3 is 0 Å². The van der Waals surface area contributed by atoms with Crippen LogP contribution >= 0.6 is 0 Å². The fourth-order valence-corrected chi connectivity index (χ4v) is 0.778. The Bertz CT molecular complexity index is 354. The van der Waals surface area contributed by atoms with Gasteiger partial charge in [0.25, 0.3) is 5.91 Å². The first-order chi connectivity index (χ1) is 5.74. The molecule has 0 aliphatic carbocycles. The standard InChI is InChI=1S/C8H6N2O2/c1-6-2-7(4-9-3-6)8(12)10-5-11/h2-4H,1H3. The second kappa shape index (κ2) is 3.55. The van der Waals surface area contributed by atoms with E-state index in [1.807, 2.05) is 0 Å². The van der Waals surface area contributed by atoms with Crippen molar-refractivity contribution >= 4 is 12.0 Å². The molecular weight excluding hydrogens is 156 g/mol.